The predicted octanol–water partition coefficient (Wildman–Crippen LogP) is 2.60. The highest BCUT2D eigenvalue weighted by atomic mass is 16.5. The lowest BCUT2D eigenvalue weighted by atomic mass is 10.2. The standard InChI is InChI=1S/C15H21NO/c1-2-3-11-16-12-7-8-13-17-14-15-9-5-4-6-10-15/h1,4-6,9-10,16H,3,7-8,11-14H2. The number of ether oxygens (including phenoxy) is 1. The molecule has 1 N–H and O–H groups in total. The van der Waals surface area contributed by atoms with E-state index in [2.05, 4.69) is 23.4 Å². The Morgan fingerprint density at radius 3 is 2.71 bits per heavy atom. The second-order valence-corrected chi connectivity index (χ2v) is 3.95. The van der Waals surface area contributed by atoms with E-state index in [9.17, 15) is 0 Å². The van der Waals surface area contributed by atoms with Gasteiger partial charge in [-0.25, -0.2) is 0 Å². The number of benzene rings is 1. The van der Waals surface area contributed by atoms with Crippen LogP contribution in [0.15, 0.2) is 30.3 Å². The lowest BCUT2D eigenvalue weighted by Gasteiger charge is -2.05. The van der Waals surface area contributed by atoms with Crippen molar-refractivity contribution in [1.82, 2.24) is 5.32 Å². The zero-order chi connectivity index (χ0) is 12.2. The quantitative estimate of drug-likeness (QED) is 0.521. The molecule has 92 valence electrons. The van der Waals surface area contributed by atoms with Gasteiger partial charge >= 0.3 is 0 Å². The molecular formula is C15H21NO. The monoisotopic (exact) mass is 231 g/mol. The number of hydrogen-bond donors (Lipinski definition) is 1. The van der Waals surface area contributed by atoms with E-state index in [-0.39, 0.29) is 0 Å². The highest BCUT2D eigenvalue weighted by Crippen LogP contribution is 2.01. The van der Waals surface area contributed by atoms with Gasteiger partial charge in [0.05, 0.1) is 6.61 Å². The molecule has 0 bridgehead atoms. The molecule has 0 fully saturated rings. The van der Waals surface area contributed by atoms with Crippen LogP contribution in [0.3, 0.4) is 0 Å². The Bertz CT molecular complexity index is 315. The first-order valence-electron chi connectivity index (χ1n) is 6.19. The first kappa shape index (κ1) is 13.8. The summed E-state index contributed by atoms with van der Waals surface area (Å²) in [5.41, 5.74) is 1.24. The SMILES string of the molecule is C#CCCNCCCCOCc1ccccc1. The number of terminal acetylenes is 1. The summed E-state index contributed by atoms with van der Waals surface area (Å²) in [6, 6.07) is 10.3. The average Bonchev–Trinajstić information content (AvgIpc) is 2.38. The van der Waals surface area contributed by atoms with Gasteiger partial charge in [-0.05, 0) is 24.9 Å². The minimum atomic E-state index is 0.714. The zero-order valence-corrected chi connectivity index (χ0v) is 10.3. The molecule has 0 spiro atoms. The van der Waals surface area contributed by atoms with Crippen molar-refractivity contribution in [3.8, 4) is 12.3 Å². The fourth-order valence-corrected chi connectivity index (χ4v) is 1.50. The van der Waals surface area contributed by atoms with Gasteiger partial charge in [0.2, 0.25) is 0 Å². The summed E-state index contributed by atoms with van der Waals surface area (Å²) in [6.07, 6.45) is 8.20. The van der Waals surface area contributed by atoms with Crippen LogP contribution >= 0.6 is 0 Å². The molecule has 0 amide bonds. The molecule has 0 saturated heterocycles. The van der Waals surface area contributed by atoms with E-state index in [1.54, 1.807) is 0 Å². The fourth-order valence-electron chi connectivity index (χ4n) is 1.50. The normalized spacial score (nSPS) is 10.1. The molecule has 2 heteroatoms. The molecule has 1 aromatic rings. The van der Waals surface area contributed by atoms with E-state index in [0.717, 1.165) is 39.0 Å². The van der Waals surface area contributed by atoms with Crippen molar-refractivity contribution in [1.29, 1.82) is 0 Å². The first-order valence-corrected chi connectivity index (χ1v) is 6.19. The van der Waals surface area contributed by atoms with Crippen LogP contribution in [0, 0.1) is 12.3 Å². The molecule has 0 aliphatic rings. The third-order valence-corrected chi connectivity index (χ3v) is 2.45. The van der Waals surface area contributed by atoms with E-state index in [1.165, 1.54) is 5.56 Å². The van der Waals surface area contributed by atoms with Crippen LogP contribution in [-0.2, 0) is 11.3 Å². The Kier molecular flexibility index (Phi) is 8.01. The van der Waals surface area contributed by atoms with E-state index in [1.807, 2.05) is 18.2 Å². The van der Waals surface area contributed by atoms with Crippen LogP contribution in [-0.4, -0.2) is 19.7 Å². The van der Waals surface area contributed by atoms with Crippen molar-refractivity contribution in [3.63, 3.8) is 0 Å². The molecule has 0 aliphatic carbocycles. The Hall–Kier alpha value is -1.30. The van der Waals surface area contributed by atoms with Crippen LogP contribution in [0.25, 0.3) is 0 Å². The van der Waals surface area contributed by atoms with Crippen LogP contribution in [0.2, 0.25) is 0 Å². The molecule has 0 aliphatic heterocycles. The van der Waals surface area contributed by atoms with Crippen LogP contribution < -0.4 is 5.32 Å². The third-order valence-electron chi connectivity index (χ3n) is 2.45. The maximum atomic E-state index is 5.59. The van der Waals surface area contributed by atoms with E-state index >= 15 is 0 Å². The maximum absolute atomic E-state index is 5.59. The van der Waals surface area contributed by atoms with E-state index in [4.69, 9.17) is 11.2 Å². The van der Waals surface area contributed by atoms with Crippen molar-refractivity contribution in [3.05, 3.63) is 35.9 Å². The largest absolute Gasteiger partial charge is 0.377 e. The van der Waals surface area contributed by atoms with Gasteiger partial charge in [0.1, 0.15) is 0 Å². The highest BCUT2D eigenvalue weighted by Gasteiger charge is 1.92. The van der Waals surface area contributed by atoms with Crippen molar-refractivity contribution in [2.75, 3.05) is 19.7 Å². The number of unbranched alkanes of at least 4 members (excludes halogenated alkanes) is 1. The number of hydrogen-bond acceptors (Lipinski definition) is 2. The van der Waals surface area contributed by atoms with Gasteiger partial charge < -0.3 is 10.1 Å². The van der Waals surface area contributed by atoms with Crippen molar-refractivity contribution in [2.24, 2.45) is 0 Å². The number of nitrogens with one attached hydrogen (secondary N) is 1. The average molecular weight is 231 g/mol. The minimum Gasteiger partial charge on any atom is -0.377 e. The van der Waals surface area contributed by atoms with Gasteiger partial charge in [-0.15, -0.1) is 12.3 Å². The van der Waals surface area contributed by atoms with E-state index in [0.29, 0.717) is 6.61 Å². The molecule has 0 saturated carbocycles. The Morgan fingerprint density at radius 2 is 1.94 bits per heavy atom. The first-order chi connectivity index (χ1) is 8.43. The molecule has 0 unspecified atom stereocenters. The lowest BCUT2D eigenvalue weighted by Crippen LogP contribution is -2.16. The van der Waals surface area contributed by atoms with Crippen molar-refractivity contribution in [2.45, 2.75) is 25.9 Å². The smallest absolute Gasteiger partial charge is 0.0716 e. The van der Waals surface area contributed by atoms with Crippen molar-refractivity contribution >= 4 is 0 Å². The van der Waals surface area contributed by atoms with Crippen LogP contribution in [0.5, 0.6) is 0 Å². The van der Waals surface area contributed by atoms with Gasteiger partial charge in [0, 0.05) is 19.6 Å². The van der Waals surface area contributed by atoms with Gasteiger partial charge in [-0.1, -0.05) is 30.3 Å². The Labute approximate surface area is 104 Å². The molecule has 1 rings (SSSR count). The fraction of sp³-hybridized carbons (Fsp3) is 0.467. The van der Waals surface area contributed by atoms with E-state index < -0.39 is 0 Å². The topological polar surface area (TPSA) is 21.3 Å². The van der Waals surface area contributed by atoms with Crippen molar-refractivity contribution < 1.29 is 4.74 Å². The molecule has 17 heavy (non-hydrogen) atoms. The lowest BCUT2D eigenvalue weighted by molar-refractivity contribution is 0.117. The second-order valence-electron chi connectivity index (χ2n) is 3.95. The summed E-state index contributed by atoms with van der Waals surface area (Å²) in [7, 11) is 0. The summed E-state index contributed by atoms with van der Waals surface area (Å²) < 4.78 is 5.59. The Balaban J connectivity index is 1.87. The molecule has 1 aromatic carbocycles. The van der Waals surface area contributed by atoms with Gasteiger partial charge in [-0.3, -0.25) is 0 Å². The second kappa shape index (κ2) is 9.89. The third kappa shape index (κ3) is 7.57. The highest BCUT2D eigenvalue weighted by molar-refractivity contribution is 5.13. The molecule has 0 radical (unpaired) electrons. The van der Waals surface area contributed by atoms with Crippen LogP contribution in [0.1, 0.15) is 24.8 Å². The van der Waals surface area contributed by atoms with Gasteiger partial charge in [0.15, 0.2) is 0 Å². The van der Waals surface area contributed by atoms with Gasteiger partial charge in [-0.2, -0.15) is 0 Å². The molecule has 0 aromatic heterocycles. The number of rotatable bonds is 9. The minimum absolute atomic E-state index is 0.714. The molecular weight excluding hydrogens is 210 g/mol. The predicted molar refractivity (Wildman–Crippen MR) is 71.7 cm³/mol. The summed E-state index contributed by atoms with van der Waals surface area (Å²) >= 11 is 0. The summed E-state index contributed by atoms with van der Waals surface area (Å²) in [4.78, 5) is 0. The zero-order valence-electron chi connectivity index (χ0n) is 10.3. The van der Waals surface area contributed by atoms with Gasteiger partial charge in [0.25, 0.3) is 0 Å². The molecule has 0 heterocycles. The maximum Gasteiger partial charge on any atom is 0.0716 e. The van der Waals surface area contributed by atoms with Crippen LogP contribution in [0.4, 0.5) is 0 Å². The molecule has 0 atom stereocenters. The summed E-state index contributed by atoms with van der Waals surface area (Å²) in [5.74, 6) is 2.61. The molecule has 2 nitrogen and oxygen atoms in total. The summed E-state index contributed by atoms with van der Waals surface area (Å²) in [5, 5.41) is 3.30. The summed E-state index contributed by atoms with van der Waals surface area (Å²) in [6.45, 7) is 3.48. The Morgan fingerprint density at radius 1 is 1.12 bits per heavy atom.